The first-order valence-corrected chi connectivity index (χ1v) is 9.33. The number of nitriles is 1. The van der Waals surface area contributed by atoms with Crippen LogP contribution in [0.25, 0.3) is 5.69 Å². The van der Waals surface area contributed by atoms with E-state index in [1.54, 1.807) is 4.90 Å². The maximum absolute atomic E-state index is 12.9. The quantitative estimate of drug-likeness (QED) is 0.589. The number of hydrogen-bond donors (Lipinski definition) is 0. The molecule has 1 aromatic heterocycles. The molecule has 5 nitrogen and oxygen atoms in total. The Morgan fingerprint density at radius 3 is 2.36 bits per heavy atom. The Balaban J connectivity index is 1.73. The third kappa shape index (κ3) is 4.80. The van der Waals surface area contributed by atoms with Gasteiger partial charge in [-0.25, -0.2) is 0 Å². The highest BCUT2D eigenvalue weighted by molar-refractivity contribution is 5.94. The monoisotopic (exact) mass is 373 g/mol. The second-order valence-electron chi connectivity index (χ2n) is 6.31. The van der Waals surface area contributed by atoms with Crippen molar-refractivity contribution in [2.75, 3.05) is 18.1 Å². The molecule has 3 aromatic rings. The molecule has 0 bridgehead atoms. The summed E-state index contributed by atoms with van der Waals surface area (Å²) in [5.74, 6) is 0.729. The lowest BCUT2D eigenvalue weighted by atomic mass is 10.1. The Bertz CT molecular complexity index is 923. The maximum Gasteiger partial charge on any atom is 0.231 e. The molecular formula is C23H23N3O2. The van der Waals surface area contributed by atoms with E-state index in [0.29, 0.717) is 13.2 Å². The molecule has 0 atom stereocenters. The van der Waals surface area contributed by atoms with Gasteiger partial charge in [0.25, 0.3) is 0 Å². The van der Waals surface area contributed by atoms with Crippen molar-refractivity contribution in [1.82, 2.24) is 4.57 Å². The van der Waals surface area contributed by atoms with Gasteiger partial charge in [-0.3, -0.25) is 4.79 Å². The van der Waals surface area contributed by atoms with Crippen molar-refractivity contribution in [3.8, 4) is 17.5 Å². The first-order valence-electron chi connectivity index (χ1n) is 9.33. The van der Waals surface area contributed by atoms with Gasteiger partial charge in [0.2, 0.25) is 5.91 Å². The van der Waals surface area contributed by atoms with Crippen molar-refractivity contribution >= 4 is 11.6 Å². The van der Waals surface area contributed by atoms with E-state index in [2.05, 4.69) is 6.07 Å². The highest BCUT2D eigenvalue weighted by atomic mass is 16.5. The van der Waals surface area contributed by atoms with Gasteiger partial charge in [-0.2, -0.15) is 5.26 Å². The van der Waals surface area contributed by atoms with Crippen molar-refractivity contribution < 1.29 is 9.53 Å². The number of anilines is 1. The minimum absolute atomic E-state index is 0.0341. The molecule has 142 valence electrons. The van der Waals surface area contributed by atoms with E-state index in [1.807, 2.05) is 84.5 Å². The largest absolute Gasteiger partial charge is 0.494 e. The molecule has 0 saturated heterocycles. The highest BCUT2D eigenvalue weighted by Crippen LogP contribution is 2.21. The Kier molecular flexibility index (Phi) is 6.48. The molecule has 2 aromatic carbocycles. The topological polar surface area (TPSA) is 58.3 Å². The van der Waals surface area contributed by atoms with Crippen LogP contribution in [0.2, 0.25) is 0 Å². The SMILES string of the molecule is CCOc1ccc(N(CCC#N)C(=O)Cc2ccc(-n3cccc3)cc2)cc1. The van der Waals surface area contributed by atoms with Crippen molar-refractivity contribution in [3.63, 3.8) is 0 Å². The summed E-state index contributed by atoms with van der Waals surface area (Å²) in [4.78, 5) is 14.6. The number of amides is 1. The molecule has 0 aliphatic heterocycles. The number of rotatable bonds is 8. The third-order valence-corrected chi connectivity index (χ3v) is 4.40. The van der Waals surface area contributed by atoms with Crippen LogP contribution in [-0.4, -0.2) is 23.6 Å². The van der Waals surface area contributed by atoms with Gasteiger partial charge in [-0.1, -0.05) is 12.1 Å². The van der Waals surface area contributed by atoms with Crippen LogP contribution < -0.4 is 9.64 Å². The molecule has 0 fully saturated rings. The predicted octanol–water partition coefficient (Wildman–Crippen LogP) is 4.37. The predicted molar refractivity (Wildman–Crippen MR) is 110 cm³/mol. The summed E-state index contributed by atoms with van der Waals surface area (Å²) in [6.45, 7) is 2.89. The standard InChI is InChI=1S/C23H23N3O2/c1-2-28-22-12-10-21(11-13-22)26(17-5-14-24)23(27)18-19-6-8-20(9-7-19)25-15-3-4-16-25/h3-4,6-13,15-16H,2,5,17-18H2,1H3. The average molecular weight is 373 g/mol. The van der Waals surface area contributed by atoms with E-state index in [1.165, 1.54) is 0 Å². The Morgan fingerprint density at radius 1 is 1.07 bits per heavy atom. The summed E-state index contributed by atoms with van der Waals surface area (Å²) >= 11 is 0. The first-order chi connectivity index (χ1) is 13.7. The molecule has 1 amide bonds. The van der Waals surface area contributed by atoms with E-state index in [4.69, 9.17) is 10.00 Å². The van der Waals surface area contributed by atoms with Crippen molar-refractivity contribution in [3.05, 3.63) is 78.6 Å². The van der Waals surface area contributed by atoms with Crippen LogP contribution in [0.5, 0.6) is 5.75 Å². The second-order valence-corrected chi connectivity index (χ2v) is 6.31. The zero-order valence-electron chi connectivity index (χ0n) is 15.9. The van der Waals surface area contributed by atoms with Crippen LogP contribution in [0, 0.1) is 11.3 Å². The summed E-state index contributed by atoms with van der Waals surface area (Å²) < 4.78 is 7.48. The summed E-state index contributed by atoms with van der Waals surface area (Å²) in [6, 6.07) is 21.4. The molecular weight excluding hydrogens is 350 g/mol. The van der Waals surface area contributed by atoms with E-state index in [0.717, 1.165) is 22.7 Å². The van der Waals surface area contributed by atoms with Crippen LogP contribution in [-0.2, 0) is 11.2 Å². The molecule has 0 radical (unpaired) electrons. The first kappa shape index (κ1) is 19.2. The van der Waals surface area contributed by atoms with Crippen molar-refractivity contribution in [2.24, 2.45) is 0 Å². The van der Waals surface area contributed by atoms with Crippen molar-refractivity contribution in [1.29, 1.82) is 5.26 Å². The van der Waals surface area contributed by atoms with Gasteiger partial charge in [0.05, 0.1) is 25.5 Å². The Hall–Kier alpha value is -3.52. The van der Waals surface area contributed by atoms with E-state index < -0.39 is 0 Å². The van der Waals surface area contributed by atoms with E-state index >= 15 is 0 Å². The van der Waals surface area contributed by atoms with Crippen LogP contribution >= 0.6 is 0 Å². The summed E-state index contributed by atoms with van der Waals surface area (Å²) in [6.07, 6.45) is 4.53. The number of benzene rings is 2. The zero-order chi connectivity index (χ0) is 19.8. The maximum atomic E-state index is 12.9. The van der Waals surface area contributed by atoms with E-state index in [-0.39, 0.29) is 18.7 Å². The molecule has 5 heteroatoms. The summed E-state index contributed by atoms with van der Waals surface area (Å²) in [5.41, 5.74) is 2.76. The number of aromatic nitrogens is 1. The molecule has 3 rings (SSSR count). The van der Waals surface area contributed by atoms with Crippen molar-refractivity contribution in [2.45, 2.75) is 19.8 Å². The molecule has 0 aliphatic carbocycles. The summed E-state index contributed by atoms with van der Waals surface area (Å²) in [5, 5.41) is 8.96. The molecule has 0 saturated carbocycles. The van der Waals surface area contributed by atoms with Gasteiger partial charge in [0.1, 0.15) is 5.75 Å². The van der Waals surface area contributed by atoms with Crippen LogP contribution in [0.3, 0.4) is 0 Å². The van der Waals surface area contributed by atoms with E-state index in [9.17, 15) is 4.79 Å². The fourth-order valence-corrected chi connectivity index (χ4v) is 3.01. The van der Waals surface area contributed by atoms with Gasteiger partial charge in [-0.05, 0) is 61.0 Å². The lowest BCUT2D eigenvalue weighted by molar-refractivity contribution is -0.118. The third-order valence-electron chi connectivity index (χ3n) is 4.40. The number of carbonyl (C=O) groups excluding carboxylic acids is 1. The van der Waals surface area contributed by atoms with Crippen LogP contribution in [0.1, 0.15) is 18.9 Å². The highest BCUT2D eigenvalue weighted by Gasteiger charge is 2.16. The number of ether oxygens (including phenoxy) is 1. The lowest BCUT2D eigenvalue weighted by Crippen LogP contribution is -2.33. The number of nitrogens with zero attached hydrogens (tertiary/aromatic N) is 3. The number of hydrogen-bond acceptors (Lipinski definition) is 3. The van der Waals surface area contributed by atoms with Gasteiger partial charge >= 0.3 is 0 Å². The minimum Gasteiger partial charge on any atom is -0.494 e. The molecule has 0 N–H and O–H groups in total. The normalized spacial score (nSPS) is 10.3. The lowest BCUT2D eigenvalue weighted by Gasteiger charge is -2.22. The fraction of sp³-hybridized carbons (Fsp3) is 0.217. The second kappa shape index (κ2) is 9.43. The molecule has 0 spiro atoms. The minimum atomic E-state index is -0.0341. The van der Waals surface area contributed by atoms with Gasteiger partial charge in [0, 0.05) is 30.3 Å². The molecule has 28 heavy (non-hydrogen) atoms. The Labute approximate surface area is 165 Å². The van der Waals surface area contributed by atoms with Crippen LogP contribution in [0.4, 0.5) is 5.69 Å². The Morgan fingerprint density at radius 2 is 1.75 bits per heavy atom. The van der Waals surface area contributed by atoms with Gasteiger partial charge in [0.15, 0.2) is 0 Å². The molecule has 0 unspecified atom stereocenters. The summed E-state index contributed by atoms with van der Waals surface area (Å²) in [7, 11) is 0. The average Bonchev–Trinajstić information content (AvgIpc) is 3.25. The molecule has 1 heterocycles. The zero-order valence-corrected chi connectivity index (χ0v) is 15.9. The molecule has 0 aliphatic rings. The number of carbonyl (C=O) groups is 1. The fourth-order valence-electron chi connectivity index (χ4n) is 3.01. The smallest absolute Gasteiger partial charge is 0.231 e. The van der Waals surface area contributed by atoms with Gasteiger partial charge in [-0.15, -0.1) is 0 Å². The van der Waals surface area contributed by atoms with Crippen LogP contribution in [0.15, 0.2) is 73.1 Å². The van der Waals surface area contributed by atoms with Gasteiger partial charge < -0.3 is 14.2 Å².